The number of likely N-dealkylation sites (N-methyl/N-ethyl adjacent to an activating group) is 5. The van der Waals surface area contributed by atoms with Crippen LogP contribution in [0.15, 0.2) is 231 Å². The van der Waals surface area contributed by atoms with E-state index >= 15 is 0 Å². The quantitative estimate of drug-likeness (QED) is 0.110. The zero-order valence-corrected chi connectivity index (χ0v) is 94.3. The van der Waals surface area contributed by atoms with Crippen LogP contribution in [-0.4, -0.2) is 117 Å². The molecule has 25 rings (SSSR count). The van der Waals surface area contributed by atoms with Crippen LogP contribution >= 0.6 is 98.4 Å². The molecule has 138 heavy (non-hydrogen) atoms. The molecule has 0 bridgehead atoms. The van der Waals surface area contributed by atoms with E-state index in [-0.39, 0.29) is 53.1 Å². The monoisotopic (exact) mass is 2530 g/mol. The Kier molecular flexibility index (Phi) is 37.7. The van der Waals surface area contributed by atoms with E-state index in [4.69, 9.17) is 0 Å². The summed E-state index contributed by atoms with van der Waals surface area (Å²) < 4.78 is 69.5. The first-order valence-corrected chi connectivity index (χ1v) is 67.7. The predicted octanol–water partition coefficient (Wildman–Crippen LogP) is 28.7. The molecule has 15 aromatic rings. The van der Waals surface area contributed by atoms with E-state index < -0.39 is 0 Å². The van der Waals surface area contributed by atoms with E-state index in [2.05, 4.69) is 302 Å². The van der Waals surface area contributed by atoms with Crippen molar-refractivity contribution in [3.63, 3.8) is 0 Å². The average molecular weight is 2530 g/mol. The molecule has 5 aliphatic carbocycles. The third kappa shape index (κ3) is 26.4. The van der Waals surface area contributed by atoms with Gasteiger partial charge in [-0.3, -0.25) is 0 Å². The molecule has 0 saturated heterocycles. The molecule has 10 aromatic carbocycles. The number of hydrogen-bond donors (Lipinski definition) is 3. The Labute approximate surface area is 883 Å². The van der Waals surface area contributed by atoms with Gasteiger partial charge in [-0.1, -0.05) is 143 Å². The summed E-state index contributed by atoms with van der Waals surface area (Å²) in [6.45, 7) is 21.9. The van der Waals surface area contributed by atoms with Crippen LogP contribution in [0.3, 0.4) is 0 Å². The van der Waals surface area contributed by atoms with Gasteiger partial charge in [0, 0.05) is 242 Å². The minimum atomic E-state index is -0.162. The fraction of sp³-hybridized carbons (Fsp3) is 0.350. The number of halogens is 11. The van der Waals surface area contributed by atoms with Crippen molar-refractivity contribution in [3.05, 3.63) is 372 Å². The third-order valence-electron chi connectivity index (χ3n) is 28.9. The predicted molar refractivity (Wildman–Crippen MR) is 609 cm³/mol. The molecule has 2 fully saturated rings. The van der Waals surface area contributed by atoms with Crippen molar-refractivity contribution in [3.8, 4) is 0 Å². The number of aromatic amines is 3. The van der Waals surface area contributed by atoms with Crippen LogP contribution in [0, 0.1) is 63.7 Å². The first kappa shape index (κ1) is 105. The molecule has 3 N–H and O–H groups in total. The molecule has 726 valence electrons. The second-order valence-corrected chi connectivity index (χ2v) is 55.4. The zero-order chi connectivity index (χ0) is 96.1. The fourth-order valence-electron chi connectivity index (χ4n) is 21.6. The summed E-state index contributed by atoms with van der Waals surface area (Å²) in [5.74, 6) is 0.230. The molecule has 0 spiro atoms. The van der Waals surface area contributed by atoms with E-state index in [9.17, 15) is 22.0 Å². The molecule has 0 radical (unpaired) electrons. The van der Waals surface area contributed by atoms with E-state index in [0.717, 1.165) is 109 Å². The zero-order valence-electron chi connectivity index (χ0n) is 81.2. The molecule has 10 aliphatic rings. The van der Waals surface area contributed by atoms with Crippen molar-refractivity contribution in [1.29, 1.82) is 0 Å². The number of nitrogens with one attached hydrogen (secondary N) is 3. The van der Waals surface area contributed by atoms with Gasteiger partial charge in [0.2, 0.25) is 0 Å². The number of aryl methyl sites for hydroxylation is 5. The van der Waals surface area contributed by atoms with Crippen molar-refractivity contribution in [2.45, 2.75) is 200 Å². The Hall–Kier alpha value is -7.05. The second kappa shape index (κ2) is 49.5. The van der Waals surface area contributed by atoms with E-state index in [1.165, 1.54) is 285 Å². The Morgan fingerprint density at radius 1 is 0.319 bits per heavy atom. The number of H-pyrrole nitrogens is 3. The van der Waals surface area contributed by atoms with Crippen molar-refractivity contribution >= 4 is 170 Å². The molecule has 2 saturated carbocycles. The average Bonchev–Trinajstić information content (AvgIpc) is 1.55. The van der Waals surface area contributed by atoms with Gasteiger partial charge >= 0.3 is 50.5 Å². The van der Waals surface area contributed by atoms with Crippen LogP contribution in [0.1, 0.15) is 213 Å². The van der Waals surface area contributed by atoms with Crippen molar-refractivity contribution in [2.24, 2.45) is 0 Å². The first-order chi connectivity index (χ1) is 66.4. The molecule has 4 atom stereocenters. The van der Waals surface area contributed by atoms with Gasteiger partial charge in [0.05, 0.1) is 0 Å². The second-order valence-electron chi connectivity index (χ2n) is 39.2. The van der Waals surface area contributed by atoms with Crippen LogP contribution < -0.4 is 13.3 Å². The Bertz CT molecular complexity index is 6520. The van der Waals surface area contributed by atoms with Crippen molar-refractivity contribution < 1.29 is 35.2 Å². The van der Waals surface area contributed by atoms with Gasteiger partial charge in [-0.05, 0) is 334 Å². The van der Waals surface area contributed by atoms with Crippen LogP contribution in [0.5, 0.6) is 0 Å². The topological polar surface area (TPSA) is 73.4 Å². The Morgan fingerprint density at radius 3 is 0.986 bits per heavy atom. The number of rotatable bonds is 7. The summed E-state index contributed by atoms with van der Waals surface area (Å²) in [5.41, 5.74) is 38.4. The summed E-state index contributed by atoms with van der Waals surface area (Å²) in [6.07, 6.45) is 26.7. The summed E-state index contributed by atoms with van der Waals surface area (Å²) in [7, 11) is 11.0. The molecule has 4 unspecified atom stereocenters. The number of benzene rings is 10. The Balaban J connectivity index is 0.000000121. The van der Waals surface area contributed by atoms with Gasteiger partial charge in [-0.15, -0.1) is 24.0 Å². The minimum absolute atomic E-state index is 0. The number of aromatic nitrogens is 5. The molecule has 21 heteroatoms. The van der Waals surface area contributed by atoms with Crippen molar-refractivity contribution in [1.82, 2.24) is 48.6 Å². The Morgan fingerprint density at radius 2 is 0.630 bits per heavy atom. The van der Waals surface area contributed by atoms with Gasteiger partial charge in [0.1, 0.15) is 29.1 Å². The van der Waals surface area contributed by atoms with Crippen LogP contribution in [-0.2, 0) is 64.8 Å². The SMILES string of the molecule is Cc1ccc2[nH]c3c(c2c1)CN(C)CC3.Cc1ccc2[nH]c3c(c2c1)CN(C)CC3.Cc1ccc2[nH]c3c(c2c1)CN(C)CC3.Cc1ccc2c(c1)c1c(n2C2CC2c2ccc(F)cc2)CCN(C)C1.Cc1ccc2c(c1)c1c(n2C2CCCC2c2ccc(F)cc2)CCN(C)C1.Fc1ccc(C2=CC2)cc1.Fc1ccc(C2=CCCC2)cc1.Fc1ccc(C2=CCCCC2)cc1.I.II.I[I-]I. The number of hydrogen-bond acceptors (Lipinski definition) is 5. The molecular weight excluding hydrogens is 2400 g/mol. The van der Waals surface area contributed by atoms with E-state index in [1.54, 1.807) is 24.3 Å². The first-order valence-electron chi connectivity index (χ1n) is 48.8. The number of nitrogens with zero attached hydrogens (tertiary/aromatic N) is 7. The van der Waals surface area contributed by atoms with Gasteiger partial charge in [0.25, 0.3) is 0 Å². The maximum atomic E-state index is 13.4. The third-order valence-corrected chi connectivity index (χ3v) is 28.9. The van der Waals surface area contributed by atoms with Crippen LogP contribution in [0.25, 0.3) is 71.2 Å². The van der Waals surface area contributed by atoms with Crippen LogP contribution in [0.2, 0.25) is 0 Å². The number of allylic oxidation sites excluding steroid dienone is 6. The van der Waals surface area contributed by atoms with E-state index in [1.807, 2.05) is 60.7 Å². The van der Waals surface area contributed by atoms with Crippen molar-refractivity contribution in [2.75, 3.05) is 68.0 Å². The molecule has 0 amide bonds. The van der Waals surface area contributed by atoms with Gasteiger partial charge < -0.3 is 48.6 Å². The molecule has 5 aromatic heterocycles. The summed E-state index contributed by atoms with van der Waals surface area (Å²) >= 11 is 9.54. The van der Waals surface area contributed by atoms with E-state index in [0.29, 0.717) is 37.2 Å². The normalized spacial score (nSPS) is 18.5. The maximum absolute atomic E-state index is 13.4. The summed E-state index contributed by atoms with van der Waals surface area (Å²) in [4.78, 5) is 22.6. The standard InChI is InChI=1S/C24H27FN2.C22H23FN2.3C13H16N2.C12H13F.C11H11F.C9H7F.I3.I2.HI/c1-16-6-11-23-20(14-16)21-15-26(2)13-12-24(21)27(23)22-5-3-4-19(22)17-7-9-18(25)10-8-17;1-14-3-8-20-18(11-14)19-13-24(2)10-9-21(19)25(20)22-12-17(22)15-4-6-16(23)7-5-15;3*1-9-3-4-12-10(7-9)11-8-15(2)6-5-13(11)14-12;13-12-8-6-11(7-9-12)10-4-2-1-3-5-10;12-11-7-5-10(6-8-11)9-3-1-2-4-9;10-9-5-3-8(4-6-9)7-1-2-7;1-3-2;1-2;/h6-11,14,19,22H,3-5,12-13,15H2,1-2H3;3-8,11,17,22H,9-10,12-13H2,1-2H3;3*3-4,7,14H,5-6,8H2,1-2H3;4,6-9H,1-3,5H2;3,5-8H,1-2,4H2;1,3-6H,2H2;;;1H/q;;;;;;;;-1;;. The van der Waals surface area contributed by atoms with Crippen LogP contribution in [0.4, 0.5) is 22.0 Å². The summed E-state index contributed by atoms with van der Waals surface area (Å²) in [5, 5.41) is 7.09. The molecule has 10 nitrogen and oxygen atoms in total. The summed E-state index contributed by atoms with van der Waals surface area (Å²) in [6, 6.07) is 69.3. The molecular formula is C117H130F5I6N10-. The van der Waals surface area contributed by atoms with Gasteiger partial charge in [-0.25, -0.2) is 22.0 Å². The number of fused-ring (bicyclic) bond motifs is 15. The molecule has 10 heterocycles. The van der Waals surface area contributed by atoms with Gasteiger partial charge in [-0.2, -0.15) is 0 Å². The fourth-order valence-corrected chi connectivity index (χ4v) is 21.6. The molecule has 5 aliphatic heterocycles. The van der Waals surface area contributed by atoms with Gasteiger partial charge in [0.15, 0.2) is 0 Å².